The molecule has 0 aliphatic rings. The van der Waals surface area contributed by atoms with E-state index in [1.165, 1.54) is 0 Å². The first kappa shape index (κ1) is 11.4. The number of furan rings is 1. The molecule has 0 fully saturated rings. The van der Waals surface area contributed by atoms with Crippen molar-refractivity contribution in [2.45, 2.75) is 13.2 Å². The van der Waals surface area contributed by atoms with Gasteiger partial charge in [0, 0.05) is 29.4 Å². The van der Waals surface area contributed by atoms with E-state index in [9.17, 15) is 4.21 Å². The van der Waals surface area contributed by atoms with E-state index in [4.69, 9.17) is 9.52 Å². The Labute approximate surface area is 85.8 Å². The molecule has 0 saturated heterocycles. The number of hydrogen-bond acceptors (Lipinski definition) is 4. The highest BCUT2D eigenvalue weighted by Gasteiger charge is 2.00. The highest BCUT2D eigenvalue weighted by molar-refractivity contribution is 7.84. The Morgan fingerprint density at radius 3 is 2.79 bits per heavy atom. The summed E-state index contributed by atoms with van der Waals surface area (Å²) in [6.07, 6.45) is 1.68. The van der Waals surface area contributed by atoms with Gasteiger partial charge in [-0.1, -0.05) is 0 Å². The smallest absolute Gasteiger partial charge is 0.129 e. The van der Waals surface area contributed by atoms with Crippen molar-refractivity contribution in [1.29, 1.82) is 0 Å². The first-order valence-corrected chi connectivity index (χ1v) is 6.14. The van der Waals surface area contributed by atoms with Gasteiger partial charge < -0.3 is 14.8 Å². The lowest BCUT2D eigenvalue weighted by molar-refractivity contribution is 0.243. The van der Waals surface area contributed by atoms with Gasteiger partial charge in [0.1, 0.15) is 18.1 Å². The summed E-state index contributed by atoms with van der Waals surface area (Å²) >= 11 is 0. The summed E-state index contributed by atoms with van der Waals surface area (Å²) in [5, 5.41) is 11.8. The molecule has 5 heteroatoms. The molecule has 1 aromatic rings. The Balaban J connectivity index is 2.21. The maximum atomic E-state index is 10.7. The molecule has 1 aromatic heterocycles. The average Bonchev–Trinajstić information content (AvgIpc) is 2.60. The number of rotatable bonds is 6. The topological polar surface area (TPSA) is 62.5 Å². The third kappa shape index (κ3) is 4.04. The van der Waals surface area contributed by atoms with E-state index in [1.807, 2.05) is 6.07 Å². The molecule has 1 heterocycles. The molecule has 1 unspecified atom stereocenters. The van der Waals surface area contributed by atoms with Crippen LogP contribution in [0.15, 0.2) is 16.5 Å². The van der Waals surface area contributed by atoms with Crippen LogP contribution in [0.5, 0.6) is 0 Å². The Morgan fingerprint density at radius 1 is 1.50 bits per heavy atom. The monoisotopic (exact) mass is 217 g/mol. The zero-order chi connectivity index (χ0) is 10.4. The van der Waals surface area contributed by atoms with E-state index in [0.29, 0.717) is 24.6 Å². The van der Waals surface area contributed by atoms with Gasteiger partial charge in [0.05, 0.1) is 6.54 Å². The van der Waals surface area contributed by atoms with Crippen LogP contribution >= 0.6 is 0 Å². The highest BCUT2D eigenvalue weighted by Crippen LogP contribution is 2.06. The SMILES string of the molecule is CS(=O)CCNCc1ccc(CO)o1. The van der Waals surface area contributed by atoms with Gasteiger partial charge in [0.15, 0.2) is 0 Å². The van der Waals surface area contributed by atoms with Crippen molar-refractivity contribution in [3.05, 3.63) is 23.7 Å². The summed E-state index contributed by atoms with van der Waals surface area (Å²) in [6.45, 7) is 1.24. The minimum atomic E-state index is -0.753. The van der Waals surface area contributed by atoms with Gasteiger partial charge in [-0.3, -0.25) is 4.21 Å². The van der Waals surface area contributed by atoms with Gasteiger partial charge in [0.2, 0.25) is 0 Å². The van der Waals surface area contributed by atoms with Crippen molar-refractivity contribution in [2.75, 3.05) is 18.6 Å². The molecule has 0 spiro atoms. The van der Waals surface area contributed by atoms with Crippen LogP contribution in [-0.2, 0) is 24.0 Å². The fraction of sp³-hybridized carbons (Fsp3) is 0.556. The lowest BCUT2D eigenvalue weighted by Gasteiger charge is -2.00. The molecule has 0 amide bonds. The standard InChI is InChI=1S/C9H15NO3S/c1-14(12)5-4-10-6-8-2-3-9(7-11)13-8/h2-3,10-11H,4-7H2,1H3. The summed E-state index contributed by atoms with van der Waals surface area (Å²) < 4.78 is 16.0. The van der Waals surface area contributed by atoms with Crippen molar-refractivity contribution in [3.8, 4) is 0 Å². The van der Waals surface area contributed by atoms with Crippen LogP contribution in [0.25, 0.3) is 0 Å². The number of aliphatic hydroxyl groups is 1. The molecule has 0 bridgehead atoms. The van der Waals surface area contributed by atoms with Crippen molar-refractivity contribution in [2.24, 2.45) is 0 Å². The van der Waals surface area contributed by atoms with Crippen LogP contribution in [-0.4, -0.2) is 27.9 Å². The first-order chi connectivity index (χ1) is 6.72. The van der Waals surface area contributed by atoms with Gasteiger partial charge in [0.25, 0.3) is 0 Å². The van der Waals surface area contributed by atoms with Gasteiger partial charge in [-0.25, -0.2) is 0 Å². The maximum absolute atomic E-state index is 10.7. The molecule has 4 nitrogen and oxygen atoms in total. The summed E-state index contributed by atoms with van der Waals surface area (Å²) in [6, 6.07) is 3.57. The van der Waals surface area contributed by atoms with E-state index in [2.05, 4.69) is 5.32 Å². The minimum absolute atomic E-state index is 0.0705. The van der Waals surface area contributed by atoms with Crippen LogP contribution in [0.1, 0.15) is 11.5 Å². The zero-order valence-corrected chi connectivity index (χ0v) is 8.97. The third-order valence-corrected chi connectivity index (χ3v) is 2.52. The van der Waals surface area contributed by atoms with Crippen LogP contribution < -0.4 is 5.32 Å². The van der Waals surface area contributed by atoms with Gasteiger partial charge in [-0.15, -0.1) is 0 Å². The quantitative estimate of drug-likeness (QED) is 0.670. The Kier molecular flexibility index (Phi) is 4.86. The lowest BCUT2D eigenvalue weighted by Crippen LogP contribution is -2.19. The summed E-state index contributed by atoms with van der Waals surface area (Å²) in [5.41, 5.74) is 0. The zero-order valence-electron chi connectivity index (χ0n) is 8.16. The van der Waals surface area contributed by atoms with E-state index in [-0.39, 0.29) is 6.61 Å². The second kappa shape index (κ2) is 5.95. The third-order valence-electron chi connectivity index (χ3n) is 1.74. The molecule has 2 N–H and O–H groups in total. The molecule has 1 atom stereocenters. The van der Waals surface area contributed by atoms with Crippen molar-refractivity contribution in [1.82, 2.24) is 5.32 Å². The Morgan fingerprint density at radius 2 is 2.21 bits per heavy atom. The molecular weight excluding hydrogens is 202 g/mol. The van der Waals surface area contributed by atoms with Gasteiger partial charge in [-0.2, -0.15) is 0 Å². The molecule has 0 saturated carbocycles. The van der Waals surface area contributed by atoms with Crippen LogP contribution in [0.3, 0.4) is 0 Å². The predicted molar refractivity (Wildman–Crippen MR) is 55.3 cm³/mol. The second-order valence-corrected chi connectivity index (χ2v) is 4.53. The molecule has 80 valence electrons. The van der Waals surface area contributed by atoms with E-state index in [0.717, 1.165) is 5.76 Å². The Bertz CT molecular complexity index is 298. The normalized spacial score (nSPS) is 13.0. The largest absolute Gasteiger partial charge is 0.462 e. The summed E-state index contributed by atoms with van der Waals surface area (Å²) in [5.74, 6) is 2.00. The van der Waals surface area contributed by atoms with Gasteiger partial charge in [-0.05, 0) is 12.1 Å². The number of aliphatic hydroxyl groups excluding tert-OH is 1. The number of nitrogens with one attached hydrogen (secondary N) is 1. The minimum Gasteiger partial charge on any atom is -0.462 e. The fourth-order valence-corrected chi connectivity index (χ4v) is 1.46. The van der Waals surface area contributed by atoms with Crippen LogP contribution in [0.2, 0.25) is 0 Å². The average molecular weight is 217 g/mol. The van der Waals surface area contributed by atoms with Crippen molar-refractivity contribution in [3.63, 3.8) is 0 Å². The van der Waals surface area contributed by atoms with E-state index >= 15 is 0 Å². The maximum Gasteiger partial charge on any atom is 0.129 e. The lowest BCUT2D eigenvalue weighted by atomic mass is 10.4. The molecule has 0 radical (unpaired) electrons. The Hall–Kier alpha value is -0.650. The molecule has 0 aromatic carbocycles. The second-order valence-electron chi connectivity index (χ2n) is 2.98. The van der Waals surface area contributed by atoms with Crippen LogP contribution in [0.4, 0.5) is 0 Å². The summed E-state index contributed by atoms with van der Waals surface area (Å²) in [7, 11) is -0.753. The highest BCUT2D eigenvalue weighted by atomic mass is 32.2. The first-order valence-electron chi connectivity index (χ1n) is 4.41. The molecule has 1 rings (SSSR count). The van der Waals surface area contributed by atoms with Crippen molar-refractivity contribution >= 4 is 10.8 Å². The molecule has 0 aliphatic carbocycles. The fourth-order valence-electron chi connectivity index (χ4n) is 1.03. The molecule has 0 aliphatic heterocycles. The molecular formula is C9H15NO3S. The van der Waals surface area contributed by atoms with Crippen molar-refractivity contribution < 1.29 is 13.7 Å². The van der Waals surface area contributed by atoms with Crippen LogP contribution in [0, 0.1) is 0 Å². The van der Waals surface area contributed by atoms with E-state index < -0.39 is 10.8 Å². The number of hydrogen-bond donors (Lipinski definition) is 2. The predicted octanol–water partition coefficient (Wildman–Crippen LogP) is 0.240. The van der Waals surface area contributed by atoms with Gasteiger partial charge >= 0.3 is 0 Å². The van der Waals surface area contributed by atoms with E-state index in [1.54, 1.807) is 12.3 Å². The molecule has 14 heavy (non-hydrogen) atoms. The summed E-state index contributed by atoms with van der Waals surface area (Å²) in [4.78, 5) is 0.